The highest BCUT2D eigenvalue weighted by Gasteiger charge is 2.31. The number of anilines is 1. The van der Waals surface area contributed by atoms with Crippen LogP contribution in [0.5, 0.6) is 0 Å². The van der Waals surface area contributed by atoms with Gasteiger partial charge in [0.1, 0.15) is 0 Å². The van der Waals surface area contributed by atoms with Crippen LogP contribution in [-0.2, 0) is 11.2 Å². The summed E-state index contributed by atoms with van der Waals surface area (Å²) < 4.78 is 2.20. The number of aryl methyl sites for hydroxylation is 1. The number of hydrogen-bond acceptors (Lipinski definition) is 5. The smallest absolute Gasteiger partial charge is 0.237 e. The van der Waals surface area contributed by atoms with Crippen molar-refractivity contribution in [1.82, 2.24) is 14.8 Å². The molecule has 0 aliphatic heterocycles. The lowest BCUT2D eigenvalue weighted by Crippen LogP contribution is -2.23. The van der Waals surface area contributed by atoms with Crippen LogP contribution in [0.2, 0.25) is 0 Å². The van der Waals surface area contributed by atoms with Gasteiger partial charge in [-0.15, -0.1) is 21.5 Å². The summed E-state index contributed by atoms with van der Waals surface area (Å²) in [5.74, 6) is 0.894. The van der Waals surface area contributed by atoms with Crippen LogP contribution in [0.3, 0.4) is 0 Å². The molecular weight excluding hydrogens is 376 g/mol. The lowest BCUT2D eigenvalue weighted by molar-refractivity contribution is -0.115. The molecule has 4 rings (SSSR count). The molecule has 2 aromatic heterocycles. The minimum Gasteiger partial charge on any atom is -0.325 e. The molecule has 1 amide bonds. The summed E-state index contributed by atoms with van der Waals surface area (Å²) in [7, 11) is 0. The zero-order valence-corrected chi connectivity index (χ0v) is 17.0. The van der Waals surface area contributed by atoms with E-state index in [2.05, 4.69) is 33.1 Å². The van der Waals surface area contributed by atoms with Gasteiger partial charge in [-0.05, 0) is 55.3 Å². The van der Waals surface area contributed by atoms with E-state index in [0.29, 0.717) is 6.04 Å². The van der Waals surface area contributed by atoms with Gasteiger partial charge in [0.2, 0.25) is 5.91 Å². The molecule has 3 aromatic rings. The molecule has 27 heavy (non-hydrogen) atoms. The average molecular weight is 399 g/mol. The first-order valence-electron chi connectivity index (χ1n) is 9.21. The number of nitrogens with zero attached hydrogens (tertiary/aromatic N) is 3. The van der Waals surface area contributed by atoms with Gasteiger partial charge in [-0.2, -0.15) is 0 Å². The summed E-state index contributed by atoms with van der Waals surface area (Å²) in [6.07, 6.45) is 3.28. The van der Waals surface area contributed by atoms with E-state index >= 15 is 0 Å². The Morgan fingerprint density at radius 1 is 1.30 bits per heavy atom. The first kappa shape index (κ1) is 18.3. The van der Waals surface area contributed by atoms with Crippen LogP contribution in [0.1, 0.15) is 38.3 Å². The standard InChI is InChI=1S/C20H22N4OS2/c1-3-14-6-8-15(9-7-14)21-19(25)13(2)27-20-23-22-18(17-5-4-12-26-17)24(20)16-10-11-16/h4-9,12-13,16H,3,10-11H2,1-2H3,(H,21,25)/t13-/m0/s1. The number of rotatable bonds is 7. The second kappa shape index (κ2) is 7.86. The summed E-state index contributed by atoms with van der Waals surface area (Å²) in [5, 5.41) is 14.4. The molecule has 0 radical (unpaired) electrons. The van der Waals surface area contributed by atoms with Gasteiger partial charge in [0.25, 0.3) is 0 Å². The fourth-order valence-corrected chi connectivity index (χ4v) is 4.50. The summed E-state index contributed by atoms with van der Waals surface area (Å²) in [4.78, 5) is 13.7. The molecule has 7 heteroatoms. The summed E-state index contributed by atoms with van der Waals surface area (Å²) in [6, 6.07) is 12.5. The Hall–Kier alpha value is -2.12. The number of thioether (sulfide) groups is 1. The van der Waals surface area contributed by atoms with Crippen LogP contribution in [0.15, 0.2) is 46.9 Å². The quantitative estimate of drug-likeness (QED) is 0.568. The Balaban J connectivity index is 1.47. The predicted octanol–water partition coefficient (Wildman–Crippen LogP) is 5.02. The van der Waals surface area contributed by atoms with Crippen molar-refractivity contribution in [2.45, 2.75) is 49.6 Å². The number of nitrogens with one attached hydrogen (secondary N) is 1. The fourth-order valence-electron chi connectivity index (χ4n) is 2.87. The van der Waals surface area contributed by atoms with Gasteiger partial charge < -0.3 is 5.32 Å². The van der Waals surface area contributed by atoms with E-state index in [-0.39, 0.29) is 11.2 Å². The van der Waals surface area contributed by atoms with Crippen molar-refractivity contribution in [3.63, 3.8) is 0 Å². The van der Waals surface area contributed by atoms with Crippen LogP contribution in [0.4, 0.5) is 5.69 Å². The van der Waals surface area contributed by atoms with Crippen LogP contribution in [0.25, 0.3) is 10.7 Å². The molecule has 1 aliphatic rings. The third kappa shape index (κ3) is 4.09. The third-order valence-electron chi connectivity index (χ3n) is 4.60. The van der Waals surface area contributed by atoms with Crippen molar-refractivity contribution in [1.29, 1.82) is 0 Å². The number of amides is 1. The van der Waals surface area contributed by atoms with Crippen molar-refractivity contribution < 1.29 is 4.79 Å². The van der Waals surface area contributed by atoms with Crippen LogP contribution in [0, 0.1) is 0 Å². The van der Waals surface area contributed by atoms with Crippen molar-refractivity contribution in [2.75, 3.05) is 5.32 Å². The number of aromatic nitrogens is 3. The van der Waals surface area contributed by atoms with Gasteiger partial charge in [0.15, 0.2) is 11.0 Å². The Morgan fingerprint density at radius 3 is 2.70 bits per heavy atom. The van der Waals surface area contributed by atoms with E-state index in [0.717, 1.165) is 40.8 Å². The Labute approximate surface area is 167 Å². The highest BCUT2D eigenvalue weighted by Crippen LogP contribution is 2.42. The minimum absolute atomic E-state index is 0.0210. The highest BCUT2D eigenvalue weighted by atomic mass is 32.2. The first-order chi connectivity index (χ1) is 13.2. The lowest BCUT2D eigenvalue weighted by atomic mass is 10.1. The maximum absolute atomic E-state index is 12.6. The largest absolute Gasteiger partial charge is 0.325 e. The topological polar surface area (TPSA) is 59.8 Å². The van der Waals surface area contributed by atoms with Gasteiger partial charge in [0.05, 0.1) is 10.1 Å². The van der Waals surface area contributed by atoms with Crippen molar-refractivity contribution in [3.8, 4) is 10.7 Å². The van der Waals surface area contributed by atoms with Crippen LogP contribution in [-0.4, -0.2) is 25.9 Å². The maximum Gasteiger partial charge on any atom is 0.237 e. The molecular formula is C20H22N4OS2. The fraction of sp³-hybridized carbons (Fsp3) is 0.350. The zero-order chi connectivity index (χ0) is 18.8. The summed E-state index contributed by atoms with van der Waals surface area (Å²) >= 11 is 3.14. The van der Waals surface area contributed by atoms with E-state index in [1.54, 1.807) is 11.3 Å². The Kier molecular flexibility index (Phi) is 5.31. The third-order valence-corrected chi connectivity index (χ3v) is 6.52. The van der Waals surface area contributed by atoms with Crippen LogP contribution >= 0.6 is 23.1 Å². The van der Waals surface area contributed by atoms with E-state index < -0.39 is 0 Å². The van der Waals surface area contributed by atoms with Crippen molar-refractivity contribution >= 4 is 34.7 Å². The van der Waals surface area contributed by atoms with Gasteiger partial charge >= 0.3 is 0 Å². The molecule has 0 saturated heterocycles. The number of thiophene rings is 1. The lowest BCUT2D eigenvalue weighted by Gasteiger charge is -2.13. The normalized spacial score (nSPS) is 14.9. The average Bonchev–Trinajstić information content (AvgIpc) is 3.20. The molecule has 1 saturated carbocycles. The molecule has 1 atom stereocenters. The summed E-state index contributed by atoms with van der Waals surface area (Å²) in [5.41, 5.74) is 2.08. The molecule has 1 aromatic carbocycles. The Bertz CT molecular complexity index is 914. The maximum atomic E-state index is 12.6. The molecule has 1 fully saturated rings. The van der Waals surface area contributed by atoms with Crippen molar-refractivity contribution in [3.05, 3.63) is 47.3 Å². The molecule has 0 spiro atoms. The van der Waals surface area contributed by atoms with Gasteiger partial charge in [-0.3, -0.25) is 9.36 Å². The molecule has 0 bridgehead atoms. The SMILES string of the molecule is CCc1ccc(NC(=O)[C@H](C)Sc2nnc(-c3cccs3)n2C2CC2)cc1. The minimum atomic E-state index is -0.256. The van der Waals surface area contributed by atoms with E-state index in [9.17, 15) is 4.79 Å². The molecule has 5 nitrogen and oxygen atoms in total. The molecule has 1 N–H and O–H groups in total. The number of carbonyl (C=O) groups is 1. The monoisotopic (exact) mass is 398 g/mol. The van der Waals surface area contributed by atoms with Gasteiger partial charge in [-0.1, -0.05) is 36.9 Å². The second-order valence-corrected chi connectivity index (χ2v) is 8.94. The highest BCUT2D eigenvalue weighted by molar-refractivity contribution is 8.00. The zero-order valence-electron chi connectivity index (χ0n) is 15.4. The van der Waals surface area contributed by atoms with Crippen molar-refractivity contribution in [2.24, 2.45) is 0 Å². The molecule has 140 valence electrons. The first-order valence-corrected chi connectivity index (χ1v) is 11.0. The summed E-state index contributed by atoms with van der Waals surface area (Å²) in [6.45, 7) is 4.03. The Morgan fingerprint density at radius 2 is 2.07 bits per heavy atom. The van der Waals surface area contributed by atoms with Gasteiger partial charge in [0, 0.05) is 11.7 Å². The number of hydrogen-bond donors (Lipinski definition) is 1. The molecule has 0 unspecified atom stereocenters. The number of carbonyl (C=O) groups excluding carboxylic acids is 1. The number of benzene rings is 1. The molecule has 1 aliphatic carbocycles. The van der Waals surface area contributed by atoms with Crippen LogP contribution < -0.4 is 5.32 Å². The molecule has 2 heterocycles. The van der Waals surface area contributed by atoms with Gasteiger partial charge in [-0.25, -0.2) is 0 Å². The second-order valence-electron chi connectivity index (χ2n) is 6.68. The predicted molar refractivity (Wildman–Crippen MR) is 111 cm³/mol. The van der Waals surface area contributed by atoms with E-state index in [1.165, 1.54) is 17.3 Å². The van der Waals surface area contributed by atoms with E-state index in [4.69, 9.17) is 0 Å². The van der Waals surface area contributed by atoms with E-state index in [1.807, 2.05) is 42.6 Å².